The van der Waals surface area contributed by atoms with Gasteiger partial charge in [-0.1, -0.05) is 48.5 Å². The minimum Gasteiger partial charge on any atom is -0.481 e. The molecule has 0 saturated heterocycles. The number of amides is 15. The number of carbonyl (C=O) groups excluding carboxylic acids is 17. The van der Waals surface area contributed by atoms with Crippen LogP contribution in [0.5, 0.6) is 0 Å². The van der Waals surface area contributed by atoms with E-state index >= 15 is 9.59 Å². The summed E-state index contributed by atoms with van der Waals surface area (Å²) in [6.07, 6.45) is -3.04. The van der Waals surface area contributed by atoms with E-state index in [9.17, 15) is 81.8 Å². The Morgan fingerprint density at radius 2 is 0.884 bits per heavy atom. The topological polar surface area (TPSA) is 748 Å². The molecule has 46 heteroatoms. The minimum atomic E-state index is -1.87. The SMILES string of the molecule is CN[C@H](CCCNC(=N)N)C(=O)C(=O)[C@H](CCSC)NC(=O)C(CC(N)=O)NC(=O)[C@H](CCCNC(=N)N)NC(=O)C(CCC(N)=O)NC(=O)[C@H](Cc1c[nH]c2ccccc12)NC(=O)C(CCC(N)=O)NC(=O)[C@H](Cc1ccccc1)NC(=O)C(CS)NC(=O)[C@H](CCCCN)NC(=O)[C@@H](NC(=O)[C@H](C)NC(=O)C(CCC(=O)O)NC(C)=O)[C@@H](C)O. The van der Waals surface area contributed by atoms with E-state index in [0.29, 0.717) is 28.5 Å². The fraction of sp³-hybridized carbons (Fsp3) is 0.547. The fourth-order valence-corrected chi connectivity index (χ4v) is 12.9. The number of para-hydroxylation sites is 1. The largest absolute Gasteiger partial charge is 0.481 e. The summed E-state index contributed by atoms with van der Waals surface area (Å²) >= 11 is 5.59. The Morgan fingerprint density at radius 3 is 1.37 bits per heavy atom. The first kappa shape index (κ1) is 103. The predicted molar refractivity (Wildman–Crippen MR) is 447 cm³/mol. The number of rotatable bonds is 59. The Bertz CT molecular complexity index is 4100. The van der Waals surface area contributed by atoms with Crippen LogP contribution in [-0.2, 0) is 99.1 Å². The van der Waals surface area contributed by atoms with Gasteiger partial charge in [0.1, 0.15) is 66.5 Å². The van der Waals surface area contributed by atoms with Crippen molar-refractivity contribution < 1.29 is 96.5 Å². The van der Waals surface area contributed by atoms with E-state index in [1.807, 2.05) is 0 Å². The normalized spacial score (nSPS) is 14.5. The van der Waals surface area contributed by atoms with Crippen LogP contribution in [-0.4, -0.2) is 262 Å². The Kier molecular flexibility index (Phi) is 46.2. The van der Waals surface area contributed by atoms with Gasteiger partial charge in [-0.25, -0.2) is 0 Å². The number of nitrogens with two attached hydrogens (primary N) is 6. The van der Waals surface area contributed by atoms with Crippen molar-refractivity contribution in [2.45, 2.75) is 215 Å². The first-order valence-electron chi connectivity index (χ1n) is 38.9. The lowest BCUT2D eigenvalue weighted by Crippen LogP contribution is -2.62. The minimum absolute atomic E-state index is 0.0610. The van der Waals surface area contributed by atoms with E-state index in [1.54, 1.807) is 60.9 Å². The van der Waals surface area contributed by atoms with E-state index in [-0.39, 0.29) is 89.1 Å². The number of unbranched alkanes of at least 4 members (excludes halogenated alkanes) is 1. The van der Waals surface area contributed by atoms with Crippen LogP contribution in [0.4, 0.5) is 0 Å². The molecule has 0 fully saturated rings. The van der Waals surface area contributed by atoms with Crippen LogP contribution in [0.15, 0.2) is 60.8 Å². The highest BCUT2D eigenvalue weighted by Crippen LogP contribution is 2.21. The summed E-state index contributed by atoms with van der Waals surface area (Å²) < 4.78 is 0. The molecule has 32 N–H and O–H groups in total. The quantitative estimate of drug-likeness (QED) is 0.00821. The summed E-state index contributed by atoms with van der Waals surface area (Å²) in [6, 6.07) is -6.18. The number of benzene rings is 2. The van der Waals surface area contributed by atoms with Gasteiger partial charge in [0.05, 0.1) is 24.6 Å². The molecular weight excluding hydrogens is 1620 g/mol. The number of nitrogens with one attached hydrogen (secondary N) is 18. The monoisotopic (exact) mass is 1740 g/mol. The predicted octanol–water partition coefficient (Wildman–Crippen LogP) is -7.47. The third-order valence-corrected chi connectivity index (χ3v) is 19.6. The number of primary amides is 3. The van der Waals surface area contributed by atoms with Crippen molar-refractivity contribution in [3.05, 3.63) is 71.9 Å². The number of aliphatic hydroxyl groups excluding tert-OH is 1. The van der Waals surface area contributed by atoms with Crippen molar-refractivity contribution >= 4 is 153 Å². The van der Waals surface area contributed by atoms with E-state index in [0.717, 1.165) is 13.8 Å². The first-order chi connectivity index (χ1) is 57.2. The van der Waals surface area contributed by atoms with Gasteiger partial charge in [0.25, 0.3) is 0 Å². The van der Waals surface area contributed by atoms with Gasteiger partial charge in [-0.2, -0.15) is 24.4 Å². The number of aromatic amines is 1. The number of Topliss-reactive ketones (excluding diaryl/α,β-unsaturated/α-hetero) is 2. The summed E-state index contributed by atoms with van der Waals surface area (Å²) in [5, 5.41) is 72.9. The molecule has 5 unspecified atom stereocenters. The number of likely N-dealkylation sites (N-methyl/N-ethyl adjacent to an activating group) is 1. The number of aliphatic hydroxyl groups is 1. The van der Waals surface area contributed by atoms with E-state index in [4.69, 9.17) is 50.3 Å². The smallest absolute Gasteiger partial charge is 0.303 e. The van der Waals surface area contributed by atoms with Crippen LogP contribution in [0.25, 0.3) is 10.9 Å². The number of thioether (sulfide) groups is 1. The zero-order valence-electron chi connectivity index (χ0n) is 68.0. The van der Waals surface area contributed by atoms with Crippen molar-refractivity contribution in [2.24, 2.45) is 34.4 Å². The highest BCUT2D eigenvalue weighted by Gasteiger charge is 2.40. The van der Waals surface area contributed by atoms with Gasteiger partial charge in [-0.3, -0.25) is 97.1 Å². The van der Waals surface area contributed by atoms with Gasteiger partial charge in [-0.05, 0) is 127 Å². The van der Waals surface area contributed by atoms with Gasteiger partial charge < -0.3 is 129 Å². The van der Waals surface area contributed by atoms with E-state index < -0.39 is 247 Å². The van der Waals surface area contributed by atoms with Crippen molar-refractivity contribution in [3.8, 4) is 0 Å². The molecule has 0 spiro atoms. The van der Waals surface area contributed by atoms with Crippen molar-refractivity contribution in [1.29, 1.82) is 10.8 Å². The number of carboxylic acids is 1. The average molecular weight is 1740 g/mol. The summed E-state index contributed by atoms with van der Waals surface area (Å²) in [5.41, 5.74) is 34.8. The lowest BCUT2D eigenvalue weighted by molar-refractivity contribution is -0.140. The molecule has 121 heavy (non-hydrogen) atoms. The van der Waals surface area contributed by atoms with E-state index in [2.05, 4.69) is 97.4 Å². The Hall–Kier alpha value is -12.0. The lowest BCUT2D eigenvalue weighted by atomic mass is 9.97. The maximum atomic E-state index is 15.2. The molecule has 15 amide bonds. The number of guanidine groups is 2. The second-order valence-electron chi connectivity index (χ2n) is 28.4. The first-order valence-corrected chi connectivity index (χ1v) is 40.9. The number of hydrogen-bond acceptors (Lipinski definition) is 25. The number of carbonyl (C=O) groups is 18. The molecule has 1 heterocycles. The molecule has 2 aromatic carbocycles. The number of carboxylic acid groups (broad SMARTS) is 1. The van der Waals surface area contributed by atoms with Crippen molar-refractivity contribution in [1.82, 2.24) is 84.7 Å². The molecule has 0 aliphatic rings. The number of aromatic nitrogens is 1. The number of fused-ring (bicyclic) bond motifs is 1. The van der Waals surface area contributed by atoms with Crippen LogP contribution < -0.4 is 114 Å². The molecule has 0 saturated carbocycles. The van der Waals surface area contributed by atoms with Gasteiger partial charge in [0.2, 0.25) is 100 Å². The lowest BCUT2D eigenvalue weighted by Gasteiger charge is -2.28. The van der Waals surface area contributed by atoms with Crippen LogP contribution >= 0.6 is 24.4 Å². The molecular formula is C75H116N24O20S2. The summed E-state index contributed by atoms with van der Waals surface area (Å²) in [4.78, 5) is 250. The molecule has 0 radical (unpaired) electrons. The summed E-state index contributed by atoms with van der Waals surface area (Å²) in [7, 11) is 1.44. The number of H-pyrrole nitrogens is 1. The van der Waals surface area contributed by atoms with Crippen LogP contribution in [0.3, 0.4) is 0 Å². The maximum absolute atomic E-state index is 15.2. The third-order valence-electron chi connectivity index (χ3n) is 18.6. The molecule has 0 aliphatic carbocycles. The van der Waals surface area contributed by atoms with Gasteiger partial charge >= 0.3 is 5.97 Å². The molecule has 1 aromatic heterocycles. The maximum Gasteiger partial charge on any atom is 0.303 e. The molecule has 3 rings (SSSR count). The standard InChI is InChI=1S/C75H116N24O20S2/c1-38(88-64(110)49(89-40(3)101)24-27-59(105)106)63(109)99-60(39(2)100)73(119)94-47(19-11-12-29-76)66(112)98-55(37-120)72(118)95-52(33-41-15-7-6-8-16-41)69(115)92-51(23-26-57(78)103)68(114)96-53(34-42-36-87-44-18-10-9-17-43(42)44)70(116)93-50(22-25-56(77)102)67(113)91-48(21-14-31-86-75(82)83)65(111)97-54(35-58(79)104)71(117)90-46(28-32-121-5)62(108)61(107)45(84-4)20-13-30-85-74(80)81/h6-10,15-18,36,38-39,45-55,60,84,87,100,120H,11-14,19-35,37,76H2,1-5H3,(H2,77,102)(H2,78,103)(H2,79,104)(H,88,110)(H,89,101)(H,90,117)(H,91,113)(H,92,115)(H,93,116)(H,94,119)(H,95,118)(H,96,114)(H,97,111)(H,98,112)(H,99,109)(H,105,106)(H4,80,81,85)(H4,82,83,86)/t38-,39+,45+,46-,47-,48-,49?,50?,51?,52-,53-,54?,55?,60-/m0/s1. The summed E-state index contributed by atoms with van der Waals surface area (Å²) in [6.45, 7) is 3.65. The van der Waals surface area contributed by atoms with E-state index in [1.165, 1.54) is 31.9 Å². The Morgan fingerprint density at radius 1 is 0.463 bits per heavy atom. The second-order valence-corrected chi connectivity index (χ2v) is 29.8. The molecule has 44 nitrogen and oxygen atoms in total. The van der Waals surface area contributed by atoms with Crippen molar-refractivity contribution in [3.63, 3.8) is 0 Å². The van der Waals surface area contributed by atoms with Crippen LogP contribution in [0.2, 0.25) is 0 Å². The van der Waals surface area contributed by atoms with Crippen LogP contribution in [0, 0.1) is 10.8 Å². The van der Waals surface area contributed by atoms with Gasteiger partial charge in [0, 0.05) is 75.0 Å². The highest BCUT2D eigenvalue weighted by molar-refractivity contribution is 7.98. The highest BCUT2D eigenvalue weighted by atomic mass is 32.2. The Labute approximate surface area is 707 Å². The zero-order chi connectivity index (χ0) is 90.6. The fourth-order valence-electron chi connectivity index (χ4n) is 12.1. The number of hydrogen-bond donors (Lipinski definition) is 27. The average Bonchev–Trinajstić information content (AvgIpc) is 1.73. The molecule has 0 aliphatic heterocycles. The second kappa shape index (κ2) is 54.2. The number of ketones is 2. The van der Waals surface area contributed by atoms with Gasteiger partial charge in [0.15, 0.2) is 11.9 Å². The van der Waals surface area contributed by atoms with Crippen LogP contribution in [0.1, 0.15) is 128 Å². The molecule has 668 valence electrons. The third kappa shape index (κ3) is 38.3. The number of aliphatic carboxylic acids is 1. The Balaban J connectivity index is 2.08. The number of thiol groups is 1. The molecule has 0 bridgehead atoms. The van der Waals surface area contributed by atoms with Crippen molar-refractivity contribution in [2.75, 3.05) is 44.4 Å². The zero-order valence-corrected chi connectivity index (χ0v) is 69.7. The molecule has 14 atom stereocenters. The van der Waals surface area contributed by atoms with Gasteiger partial charge in [-0.15, -0.1) is 0 Å². The summed E-state index contributed by atoms with van der Waals surface area (Å²) in [5.74, 6) is -20.1. The molecule has 3 aromatic rings.